The van der Waals surface area contributed by atoms with Gasteiger partial charge in [0.2, 0.25) is 11.8 Å². The van der Waals surface area contributed by atoms with Gasteiger partial charge in [-0.3, -0.25) is 9.59 Å². The smallest absolute Gasteiger partial charge is 0.222 e. The van der Waals surface area contributed by atoms with Crippen molar-refractivity contribution in [3.63, 3.8) is 0 Å². The number of ether oxygens (including phenoxy) is 1. The average Bonchev–Trinajstić information content (AvgIpc) is 2.65. The molecule has 27 heavy (non-hydrogen) atoms. The summed E-state index contributed by atoms with van der Waals surface area (Å²) >= 11 is 0. The third-order valence-electron chi connectivity index (χ3n) is 4.13. The Hall–Kier alpha value is -2.04. The zero-order valence-corrected chi connectivity index (χ0v) is 17.4. The van der Waals surface area contributed by atoms with Crippen LogP contribution in [0.25, 0.3) is 0 Å². The molecule has 2 amide bonds. The number of benzene rings is 1. The maximum Gasteiger partial charge on any atom is 0.222 e. The number of nitrogens with one attached hydrogen (secondary N) is 1. The quantitative estimate of drug-likeness (QED) is 0.562. The van der Waals surface area contributed by atoms with Gasteiger partial charge in [-0.05, 0) is 42.9 Å². The lowest BCUT2D eigenvalue weighted by Gasteiger charge is -2.21. The van der Waals surface area contributed by atoms with Gasteiger partial charge in [0.15, 0.2) is 0 Å². The third-order valence-corrected chi connectivity index (χ3v) is 4.13. The van der Waals surface area contributed by atoms with Gasteiger partial charge in [-0.1, -0.05) is 39.8 Å². The van der Waals surface area contributed by atoms with Crippen LogP contribution in [0.15, 0.2) is 24.3 Å². The fourth-order valence-corrected chi connectivity index (χ4v) is 2.71. The van der Waals surface area contributed by atoms with Crippen LogP contribution in [0.4, 0.5) is 0 Å². The summed E-state index contributed by atoms with van der Waals surface area (Å²) < 4.78 is 5.65. The molecule has 0 bridgehead atoms. The maximum absolute atomic E-state index is 12.2. The van der Waals surface area contributed by atoms with E-state index < -0.39 is 0 Å². The second-order valence-corrected chi connectivity index (χ2v) is 7.36. The fraction of sp³-hybridized carbons (Fsp3) is 0.636. The molecule has 0 aliphatic heterocycles. The van der Waals surface area contributed by atoms with Gasteiger partial charge in [-0.15, -0.1) is 0 Å². The summed E-state index contributed by atoms with van der Waals surface area (Å²) in [5.74, 6) is 1.48. The van der Waals surface area contributed by atoms with E-state index in [1.165, 1.54) is 0 Å². The first-order valence-electron chi connectivity index (χ1n) is 10.2. The number of hydrogen-bond donors (Lipinski definition) is 1. The van der Waals surface area contributed by atoms with Crippen molar-refractivity contribution >= 4 is 11.8 Å². The van der Waals surface area contributed by atoms with E-state index in [1.807, 2.05) is 29.2 Å². The van der Waals surface area contributed by atoms with Crippen LogP contribution in [-0.2, 0) is 16.1 Å². The molecule has 5 nitrogen and oxygen atoms in total. The summed E-state index contributed by atoms with van der Waals surface area (Å²) in [5.41, 5.74) is 1.04. The van der Waals surface area contributed by atoms with Crippen molar-refractivity contribution in [3.05, 3.63) is 29.8 Å². The Morgan fingerprint density at radius 2 is 1.67 bits per heavy atom. The van der Waals surface area contributed by atoms with E-state index in [9.17, 15) is 9.59 Å². The minimum atomic E-state index is -0.0135. The van der Waals surface area contributed by atoms with Crippen LogP contribution in [0.5, 0.6) is 5.75 Å². The van der Waals surface area contributed by atoms with Crippen LogP contribution >= 0.6 is 0 Å². The lowest BCUT2D eigenvalue weighted by molar-refractivity contribution is -0.131. The van der Waals surface area contributed by atoms with E-state index in [0.717, 1.165) is 37.2 Å². The summed E-state index contributed by atoms with van der Waals surface area (Å²) in [6.07, 6.45) is 3.35. The number of nitrogens with zero attached hydrogens (tertiary/aromatic N) is 1. The molecule has 0 saturated heterocycles. The molecule has 0 saturated carbocycles. The largest absolute Gasteiger partial charge is 0.493 e. The Balaban J connectivity index is 2.27. The van der Waals surface area contributed by atoms with Crippen molar-refractivity contribution < 1.29 is 14.3 Å². The molecule has 0 aliphatic carbocycles. The maximum atomic E-state index is 12.2. The summed E-state index contributed by atoms with van der Waals surface area (Å²) in [5, 5.41) is 2.92. The van der Waals surface area contributed by atoms with E-state index >= 15 is 0 Å². The van der Waals surface area contributed by atoms with Gasteiger partial charge in [0.25, 0.3) is 0 Å². The number of amides is 2. The molecule has 0 aliphatic rings. The predicted octanol–water partition coefficient (Wildman–Crippen LogP) is 4.16. The molecule has 0 unspecified atom stereocenters. The molecule has 1 rings (SSSR count). The lowest BCUT2D eigenvalue weighted by atomic mass is 10.2. The summed E-state index contributed by atoms with van der Waals surface area (Å²) in [4.78, 5) is 26.1. The molecule has 1 aromatic carbocycles. The topological polar surface area (TPSA) is 58.6 Å². The van der Waals surface area contributed by atoms with Crippen LogP contribution in [0, 0.1) is 5.92 Å². The van der Waals surface area contributed by atoms with E-state index in [1.54, 1.807) is 0 Å². The highest BCUT2D eigenvalue weighted by molar-refractivity contribution is 5.79. The van der Waals surface area contributed by atoms with Gasteiger partial charge in [0, 0.05) is 32.5 Å². The van der Waals surface area contributed by atoms with Gasteiger partial charge in [-0.2, -0.15) is 0 Å². The van der Waals surface area contributed by atoms with Crippen molar-refractivity contribution in [3.8, 4) is 5.75 Å². The summed E-state index contributed by atoms with van der Waals surface area (Å²) in [6.45, 7) is 11.2. The Morgan fingerprint density at radius 1 is 1.04 bits per heavy atom. The Bertz CT molecular complexity index is 549. The van der Waals surface area contributed by atoms with E-state index in [4.69, 9.17) is 4.74 Å². The molecule has 152 valence electrons. The molecule has 5 heteroatoms. The highest BCUT2D eigenvalue weighted by Crippen LogP contribution is 2.13. The average molecular weight is 377 g/mol. The van der Waals surface area contributed by atoms with Gasteiger partial charge in [0.05, 0.1) is 6.61 Å². The third kappa shape index (κ3) is 10.0. The van der Waals surface area contributed by atoms with E-state index in [0.29, 0.717) is 38.3 Å². The fourth-order valence-electron chi connectivity index (χ4n) is 2.71. The number of carbonyl (C=O) groups excluding carboxylic acids is 2. The number of carbonyl (C=O) groups is 2. The van der Waals surface area contributed by atoms with Crippen LogP contribution in [0.1, 0.15) is 65.4 Å². The van der Waals surface area contributed by atoms with E-state index in [2.05, 4.69) is 33.0 Å². The minimum Gasteiger partial charge on any atom is -0.493 e. The van der Waals surface area contributed by atoms with Crippen LogP contribution in [0.3, 0.4) is 0 Å². The van der Waals surface area contributed by atoms with Crippen molar-refractivity contribution in [1.82, 2.24) is 10.2 Å². The Kier molecular flexibility index (Phi) is 11.2. The van der Waals surface area contributed by atoms with Crippen molar-refractivity contribution in [2.24, 2.45) is 5.92 Å². The van der Waals surface area contributed by atoms with Crippen LogP contribution < -0.4 is 10.1 Å². The van der Waals surface area contributed by atoms with Crippen LogP contribution in [-0.4, -0.2) is 36.4 Å². The standard InChI is InChI=1S/C22H36N2O3/c1-5-14-24(15-6-2)22(26)9-7-8-21(25)23-16-19-10-12-20(13-11-19)27-17-18(3)4/h10-13,18H,5-9,14-17H2,1-4H3,(H,23,25). The van der Waals surface area contributed by atoms with Gasteiger partial charge < -0.3 is 15.0 Å². The number of hydrogen-bond acceptors (Lipinski definition) is 3. The predicted molar refractivity (Wildman–Crippen MR) is 110 cm³/mol. The highest BCUT2D eigenvalue weighted by atomic mass is 16.5. The SMILES string of the molecule is CCCN(CCC)C(=O)CCCC(=O)NCc1ccc(OCC(C)C)cc1. The second-order valence-electron chi connectivity index (χ2n) is 7.36. The second kappa shape index (κ2) is 13.2. The van der Waals surface area contributed by atoms with Crippen LogP contribution in [0.2, 0.25) is 0 Å². The lowest BCUT2D eigenvalue weighted by Crippen LogP contribution is -2.32. The van der Waals surface area contributed by atoms with Gasteiger partial charge >= 0.3 is 0 Å². The molecular weight excluding hydrogens is 340 g/mol. The molecule has 0 spiro atoms. The van der Waals surface area contributed by atoms with E-state index in [-0.39, 0.29) is 11.8 Å². The molecule has 0 heterocycles. The molecule has 1 aromatic rings. The van der Waals surface area contributed by atoms with Gasteiger partial charge in [-0.25, -0.2) is 0 Å². The van der Waals surface area contributed by atoms with Crippen molar-refractivity contribution in [2.75, 3.05) is 19.7 Å². The monoisotopic (exact) mass is 376 g/mol. The first kappa shape index (κ1) is 23.0. The zero-order valence-electron chi connectivity index (χ0n) is 17.4. The molecule has 1 N–H and O–H groups in total. The zero-order chi connectivity index (χ0) is 20.1. The number of rotatable bonds is 13. The van der Waals surface area contributed by atoms with Crippen molar-refractivity contribution in [2.45, 2.75) is 66.3 Å². The Morgan fingerprint density at radius 3 is 2.22 bits per heavy atom. The Labute approximate surface area is 164 Å². The van der Waals surface area contributed by atoms with Crippen molar-refractivity contribution in [1.29, 1.82) is 0 Å². The molecule has 0 atom stereocenters. The normalized spacial score (nSPS) is 10.7. The highest BCUT2D eigenvalue weighted by Gasteiger charge is 2.12. The molecule has 0 fully saturated rings. The van der Waals surface area contributed by atoms with Gasteiger partial charge in [0.1, 0.15) is 5.75 Å². The minimum absolute atomic E-state index is 0.0135. The molecule has 0 aromatic heterocycles. The molecular formula is C22H36N2O3. The first-order valence-corrected chi connectivity index (χ1v) is 10.2. The summed E-state index contributed by atoms with van der Waals surface area (Å²) in [7, 11) is 0. The summed E-state index contributed by atoms with van der Waals surface area (Å²) in [6, 6.07) is 7.79. The first-order chi connectivity index (χ1) is 13.0. The molecule has 0 radical (unpaired) electrons.